The van der Waals surface area contributed by atoms with Crippen LogP contribution in [0.1, 0.15) is 11.3 Å². The van der Waals surface area contributed by atoms with E-state index < -0.39 is 10.9 Å². The molecule has 1 aromatic carbocycles. The molecule has 0 fully saturated rings. The molecule has 2 rings (SSSR count). The molecule has 2 N–H and O–H groups in total. The van der Waals surface area contributed by atoms with Crippen LogP contribution < -0.4 is 5.73 Å². The second kappa shape index (κ2) is 6.48. The number of oxime groups is 1. The van der Waals surface area contributed by atoms with Gasteiger partial charge < -0.3 is 10.6 Å². The third-order valence-corrected chi connectivity index (χ3v) is 2.87. The highest BCUT2D eigenvalue weighted by atomic mass is 16.7. The van der Waals surface area contributed by atoms with Gasteiger partial charge in [-0.3, -0.25) is 14.8 Å². The maximum atomic E-state index is 11.7. The molecular formula is C13H13N5O4. The zero-order chi connectivity index (χ0) is 16.1. The molecule has 9 heteroatoms. The highest BCUT2D eigenvalue weighted by molar-refractivity contribution is 5.97. The van der Waals surface area contributed by atoms with E-state index in [2.05, 4.69) is 15.1 Å². The molecular weight excluding hydrogens is 290 g/mol. The van der Waals surface area contributed by atoms with Crippen LogP contribution in [-0.2, 0) is 16.2 Å². The molecule has 0 radical (unpaired) electrons. The second-order valence-electron chi connectivity index (χ2n) is 4.34. The molecule has 0 aliphatic carbocycles. The van der Waals surface area contributed by atoms with E-state index in [1.807, 2.05) is 6.07 Å². The molecule has 9 nitrogen and oxygen atoms in total. The highest BCUT2D eigenvalue weighted by Crippen LogP contribution is 2.15. The smallest absolute Gasteiger partial charge is 0.356 e. The van der Waals surface area contributed by atoms with Crippen molar-refractivity contribution in [3.8, 4) is 0 Å². The summed E-state index contributed by atoms with van der Waals surface area (Å²) in [4.78, 5) is 26.5. The van der Waals surface area contributed by atoms with Crippen molar-refractivity contribution < 1.29 is 14.6 Å². The number of benzene rings is 1. The fraction of sp³-hybridized carbons (Fsp3) is 0.154. The minimum atomic E-state index is -0.736. The Kier molecular flexibility index (Phi) is 4.47. The number of nitrogens with two attached hydrogens (primary N) is 1. The van der Waals surface area contributed by atoms with Crippen molar-refractivity contribution in [1.82, 2.24) is 9.78 Å². The predicted octanol–water partition coefficient (Wildman–Crippen LogP) is 0.963. The van der Waals surface area contributed by atoms with Gasteiger partial charge in [0, 0.05) is 5.56 Å². The molecule has 0 aliphatic rings. The maximum absolute atomic E-state index is 11.7. The second-order valence-corrected chi connectivity index (χ2v) is 4.34. The standard InChI is InChI=1S/C13H13N5O4/c1-9-11(18(20)21)7-15-17(9)8-12(19)22-16-13(14)10-5-3-2-4-6-10/h2-7H,8H2,1H3,(H2,14,16). The van der Waals surface area contributed by atoms with Gasteiger partial charge in [0.25, 0.3) is 0 Å². The number of hydrogen-bond acceptors (Lipinski definition) is 6. The van der Waals surface area contributed by atoms with E-state index in [0.29, 0.717) is 5.56 Å². The molecule has 0 spiro atoms. The van der Waals surface area contributed by atoms with Crippen molar-refractivity contribution in [3.63, 3.8) is 0 Å². The number of nitrogens with zero attached hydrogens (tertiary/aromatic N) is 4. The van der Waals surface area contributed by atoms with Gasteiger partial charge in [0.1, 0.15) is 18.4 Å². The lowest BCUT2D eigenvalue weighted by Gasteiger charge is -2.02. The summed E-state index contributed by atoms with van der Waals surface area (Å²) in [5, 5.41) is 18.0. The summed E-state index contributed by atoms with van der Waals surface area (Å²) in [5.41, 5.74) is 6.37. The van der Waals surface area contributed by atoms with E-state index in [-0.39, 0.29) is 23.8 Å². The van der Waals surface area contributed by atoms with Crippen molar-refractivity contribution in [2.24, 2.45) is 10.9 Å². The molecule has 0 amide bonds. The summed E-state index contributed by atoms with van der Waals surface area (Å²) >= 11 is 0. The van der Waals surface area contributed by atoms with E-state index >= 15 is 0 Å². The zero-order valence-electron chi connectivity index (χ0n) is 11.7. The molecule has 1 aromatic heterocycles. The lowest BCUT2D eigenvalue weighted by atomic mass is 10.2. The predicted molar refractivity (Wildman–Crippen MR) is 76.9 cm³/mol. The topological polar surface area (TPSA) is 126 Å². The fourth-order valence-electron chi connectivity index (χ4n) is 1.69. The van der Waals surface area contributed by atoms with E-state index in [9.17, 15) is 14.9 Å². The van der Waals surface area contributed by atoms with Gasteiger partial charge in [-0.15, -0.1) is 0 Å². The molecule has 0 atom stereocenters. The van der Waals surface area contributed by atoms with E-state index in [1.165, 1.54) is 6.92 Å². The summed E-state index contributed by atoms with van der Waals surface area (Å²) in [7, 11) is 0. The van der Waals surface area contributed by atoms with Crippen LogP contribution in [0.25, 0.3) is 0 Å². The van der Waals surface area contributed by atoms with E-state index in [0.717, 1.165) is 10.9 Å². The number of carbonyl (C=O) groups excluding carboxylic acids is 1. The monoisotopic (exact) mass is 303 g/mol. The van der Waals surface area contributed by atoms with E-state index in [1.54, 1.807) is 24.3 Å². The Morgan fingerprint density at radius 3 is 2.73 bits per heavy atom. The quantitative estimate of drug-likeness (QED) is 0.288. The molecule has 2 aromatic rings. The summed E-state index contributed by atoms with van der Waals surface area (Å²) in [6.45, 7) is 1.19. The number of amidine groups is 1. The molecule has 0 aliphatic heterocycles. The third-order valence-electron chi connectivity index (χ3n) is 2.87. The van der Waals surface area contributed by atoms with Gasteiger partial charge in [0.15, 0.2) is 5.84 Å². The number of carbonyl (C=O) groups is 1. The molecule has 0 unspecified atom stereocenters. The first kappa shape index (κ1) is 15.2. The van der Waals surface area contributed by atoms with Crippen LogP contribution >= 0.6 is 0 Å². The van der Waals surface area contributed by atoms with Crippen molar-refractivity contribution >= 4 is 17.5 Å². The van der Waals surface area contributed by atoms with Gasteiger partial charge >= 0.3 is 11.7 Å². The first-order valence-electron chi connectivity index (χ1n) is 6.24. The van der Waals surface area contributed by atoms with Crippen LogP contribution in [0.15, 0.2) is 41.7 Å². The molecule has 0 bridgehead atoms. The number of nitro groups is 1. The first-order chi connectivity index (χ1) is 10.5. The van der Waals surface area contributed by atoms with Crippen molar-refractivity contribution in [1.29, 1.82) is 0 Å². The normalized spacial score (nSPS) is 11.2. The van der Waals surface area contributed by atoms with Gasteiger partial charge in [0.2, 0.25) is 0 Å². The van der Waals surface area contributed by atoms with Gasteiger partial charge in [0.05, 0.1) is 4.92 Å². The number of hydrogen-bond donors (Lipinski definition) is 1. The average molecular weight is 303 g/mol. The summed E-state index contributed by atoms with van der Waals surface area (Å²) < 4.78 is 1.16. The van der Waals surface area contributed by atoms with Crippen LogP contribution in [0.4, 0.5) is 5.69 Å². The van der Waals surface area contributed by atoms with Gasteiger partial charge in [-0.25, -0.2) is 4.79 Å². The zero-order valence-corrected chi connectivity index (χ0v) is 11.7. The Labute approximate surface area is 125 Å². The lowest BCUT2D eigenvalue weighted by Crippen LogP contribution is -2.18. The molecule has 1 heterocycles. The van der Waals surface area contributed by atoms with Gasteiger partial charge in [-0.05, 0) is 6.92 Å². The highest BCUT2D eigenvalue weighted by Gasteiger charge is 2.18. The van der Waals surface area contributed by atoms with Crippen LogP contribution in [0, 0.1) is 17.0 Å². The van der Waals surface area contributed by atoms with Crippen molar-refractivity contribution in [2.75, 3.05) is 0 Å². The third kappa shape index (κ3) is 3.45. The van der Waals surface area contributed by atoms with Crippen molar-refractivity contribution in [3.05, 3.63) is 57.9 Å². The van der Waals surface area contributed by atoms with Gasteiger partial charge in [-0.1, -0.05) is 35.5 Å². The number of aromatic nitrogens is 2. The fourth-order valence-corrected chi connectivity index (χ4v) is 1.69. The molecule has 114 valence electrons. The Bertz CT molecular complexity index is 723. The van der Waals surface area contributed by atoms with E-state index in [4.69, 9.17) is 5.73 Å². The van der Waals surface area contributed by atoms with Crippen LogP contribution in [0.2, 0.25) is 0 Å². The number of rotatable bonds is 5. The summed E-state index contributed by atoms with van der Waals surface area (Å²) in [5.74, 6) is -0.683. The minimum absolute atomic E-state index is 0.0529. The maximum Gasteiger partial charge on any atom is 0.356 e. The summed E-state index contributed by atoms with van der Waals surface area (Å²) in [6, 6.07) is 8.79. The molecule has 0 saturated heterocycles. The largest absolute Gasteiger partial charge is 0.380 e. The SMILES string of the molecule is Cc1c([N+](=O)[O-])cnn1CC(=O)O/N=C(\N)c1ccccc1. The average Bonchev–Trinajstić information content (AvgIpc) is 2.87. The summed E-state index contributed by atoms with van der Waals surface area (Å²) in [6.07, 6.45) is 1.07. The van der Waals surface area contributed by atoms with Crippen molar-refractivity contribution in [2.45, 2.75) is 13.5 Å². The lowest BCUT2D eigenvalue weighted by molar-refractivity contribution is -0.385. The molecule has 22 heavy (non-hydrogen) atoms. The minimum Gasteiger partial charge on any atom is -0.380 e. The Morgan fingerprint density at radius 2 is 2.14 bits per heavy atom. The Hall–Kier alpha value is -3.23. The van der Waals surface area contributed by atoms with Crippen LogP contribution in [0.5, 0.6) is 0 Å². The first-order valence-corrected chi connectivity index (χ1v) is 6.24. The van der Waals surface area contributed by atoms with Crippen LogP contribution in [-0.4, -0.2) is 26.5 Å². The molecule has 0 saturated carbocycles. The van der Waals surface area contributed by atoms with Gasteiger partial charge in [-0.2, -0.15) is 5.10 Å². The van der Waals surface area contributed by atoms with Crippen LogP contribution in [0.3, 0.4) is 0 Å². The Balaban J connectivity index is 2.00. The Morgan fingerprint density at radius 1 is 1.45 bits per heavy atom.